The summed E-state index contributed by atoms with van der Waals surface area (Å²) in [5.41, 5.74) is 4.33. The van der Waals surface area contributed by atoms with Gasteiger partial charge in [-0.2, -0.15) is 0 Å². The summed E-state index contributed by atoms with van der Waals surface area (Å²) in [7, 11) is 0. The van der Waals surface area contributed by atoms with E-state index >= 15 is 0 Å². The number of imide groups is 1. The number of benzene rings is 2. The summed E-state index contributed by atoms with van der Waals surface area (Å²) in [6.45, 7) is 2.01. The molecule has 0 radical (unpaired) electrons. The third kappa shape index (κ3) is 4.45. The minimum Gasteiger partial charge on any atom is -0.395 e. The number of aliphatic hydroxyl groups excluding tert-OH is 1. The zero-order chi connectivity index (χ0) is 22.8. The first-order valence-corrected chi connectivity index (χ1v) is 11.8. The number of aliphatic hydroxyl groups is 1. The van der Waals surface area contributed by atoms with Crippen LogP contribution in [-0.4, -0.2) is 46.0 Å². The molecule has 0 saturated carbocycles. The number of nitrogens with zero attached hydrogens (tertiary/aromatic N) is 2. The molecule has 3 aromatic rings. The number of hydrogen-bond acceptors (Lipinski definition) is 7. The van der Waals surface area contributed by atoms with Gasteiger partial charge < -0.3 is 10.4 Å². The highest BCUT2D eigenvalue weighted by Crippen LogP contribution is 2.30. The van der Waals surface area contributed by atoms with Gasteiger partial charge in [-0.1, -0.05) is 18.2 Å². The van der Waals surface area contributed by atoms with Crippen molar-refractivity contribution in [2.24, 2.45) is 0 Å². The molecule has 0 unspecified atom stereocenters. The number of carbonyl (C=O) groups is 2. The van der Waals surface area contributed by atoms with E-state index in [0.717, 1.165) is 42.2 Å². The first-order valence-electron chi connectivity index (χ1n) is 10.9. The molecule has 1 fully saturated rings. The number of hydrogen-bond donors (Lipinski definition) is 3. The molecule has 0 spiro atoms. The van der Waals surface area contributed by atoms with Gasteiger partial charge in [0.05, 0.1) is 12.2 Å². The molecule has 2 aliphatic heterocycles. The van der Waals surface area contributed by atoms with Gasteiger partial charge in [-0.05, 0) is 49.2 Å². The Morgan fingerprint density at radius 1 is 1.15 bits per heavy atom. The molecular formula is C25H24N4O3S. The lowest BCUT2D eigenvalue weighted by molar-refractivity contribution is -0.114. The predicted molar refractivity (Wildman–Crippen MR) is 129 cm³/mol. The van der Waals surface area contributed by atoms with Gasteiger partial charge in [0.15, 0.2) is 0 Å². The molecule has 1 saturated heterocycles. The van der Waals surface area contributed by atoms with E-state index in [9.17, 15) is 14.7 Å². The summed E-state index contributed by atoms with van der Waals surface area (Å²) in [6, 6.07) is 13.7. The van der Waals surface area contributed by atoms with Crippen LogP contribution in [0, 0.1) is 0 Å². The summed E-state index contributed by atoms with van der Waals surface area (Å²) < 4.78 is 0. The van der Waals surface area contributed by atoms with E-state index < -0.39 is 11.8 Å². The molecule has 8 heteroatoms. The molecule has 3 N–H and O–H groups in total. The van der Waals surface area contributed by atoms with Gasteiger partial charge in [0.1, 0.15) is 5.01 Å². The number of thiazole rings is 1. The maximum Gasteiger partial charge on any atom is 0.260 e. The summed E-state index contributed by atoms with van der Waals surface area (Å²) in [5, 5.41) is 17.8. The Morgan fingerprint density at radius 2 is 2.00 bits per heavy atom. The van der Waals surface area contributed by atoms with Crippen LogP contribution in [0.4, 0.5) is 5.69 Å². The lowest BCUT2D eigenvalue weighted by Crippen LogP contribution is -2.36. The van der Waals surface area contributed by atoms with Crippen molar-refractivity contribution in [2.45, 2.75) is 25.4 Å². The van der Waals surface area contributed by atoms with Gasteiger partial charge in [-0.15, -0.1) is 11.3 Å². The normalized spacial score (nSPS) is 19.5. The highest BCUT2D eigenvalue weighted by molar-refractivity contribution is 7.13. The van der Waals surface area contributed by atoms with E-state index in [1.807, 2.05) is 41.8 Å². The first kappa shape index (κ1) is 21.5. The van der Waals surface area contributed by atoms with Crippen LogP contribution in [0.15, 0.2) is 60.2 Å². The molecule has 1 atom stereocenters. The van der Waals surface area contributed by atoms with Crippen molar-refractivity contribution < 1.29 is 14.7 Å². The topological polar surface area (TPSA) is 94.6 Å². The van der Waals surface area contributed by atoms with Crippen molar-refractivity contribution in [3.05, 3.63) is 76.9 Å². The van der Waals surface area contributed by atoms with E-state index in [0.29, 0.717) is 16.7 Å². The molecule has 1 aromatic heterocycles. The molecular weight excluding hydrogens is 436 g/mol. The van der Waals surface area contributed by atoms with Crippen LogP contribution in [0.5, 0.6) is 0 Å². The number of amides is 2. The average Bonchev–Trinajstić information content (AvgIpc) is 3.52. The third-order valence-corrected chi connectivity index (χ3v) is 6.96. The summed E-state index contributed by atoms with van der Waals surface area (Å²) in [6.07, 6.45) is 5.53. The Hall–Kier alpha value is -3.33. The van der Waals surface area contributed by atoms with Crippen molar-refractivity contribution >= 4 is 34.4 Å². The first-order chi connectivity index (χ1) is 16.1. The fraction of sp³-hybridized carbons (Fsp3) is 0.240. The molecule has 2 aliphatic rings. The smallest absolute Gasteiger partial charge is 0.260 e. The minimum absolute atomic E-state index is 0.198. The number of anilines is 1. The zero-order valence-electron chi connectivity index (χ0n) is 18.0. The largest absolute Gasteiger partial charge is 0.395 e. The molecule has 0 aliphatic carbocycles. The van der Waals surface area contributed by atoms with Gasteiger partial charge in [-0.25, -0.2) is 4.98 Å². The maximum absolute atomic E-state index is 12.6. The number of likely N-dealkylation sites (tertiary alicyclic amines) is 1. The van der Waals surface area contributed by atoms with E-state index in [2.05, 4.69) is 20.5 Å². The molecule has 7 nitrogen and oxygen atoms in total. The number of rotatable bonds is 6. The fourth-order valence-corrected chi connectivity index (χ4v) is 5.01. The van der Waals surface area contributed by atoms with Crippen LogP contribution in [0.3, 0.4) is 0 Å². The monoisotopic (exact) mass is 460 g/mol. The van der Waals surface area contributed by atoms with Crippen molar-refractivity contribution in [3.8, 4) is 10.6 Å². The van der Waals surface area contributed by atoms with Crippen molar-refractivity contribution in [3.63, 3.8) is 0 Å². The van der Waals surface area contributed by atoms with Gasteiger partial charge in [-0.3, -0.25) is 19.8 Å². The maximum atomic E-state index is 12.6. The Balaban J connectivity index is 1.36. The molecule has 5 rings (SSSR count). The minimum atomic E-state index is -0.433. The van der Waals surface area contributed by atoms with E-state index in [1.165, 1.54) is 16.9 Å². The van der Waals surface area contributed by atoms with Gasteiger partial charge in [0.2, 0.25) is 0 Å². The summed E-state index contributed by atoms with van der Waals surface area (Å²) in [5.74, 6) is -0.831. The Kier molecular flexibility index (Phi) is 6.04. The summed E-state index contributed by atoms with van der Waals surface area (Å²) in [4.78, 5) is 31.6. The molecule has 33 heavy (non-hydrogen) atoms. The van der Waals surface area contributed by atoms with Crippen LogP contribution in [0.1, 0.15) is 34.3 Å². The number of fused-ring (bicyclic) bond motifs is 1. The zero-order valence-corrected chi connectivity index (χ0v) is 18.8. The van der Waals surface area contributed by atoms with Gasteiger partial charge in [0.25, 0.3) is 11.8 Å². The van der Waals surface area contributed by atoms with Crippen LogP contribution < -0.4 is 10.6 Å². The van der Waals surface area contributed by atoms with E-state index in [1.54, 1.807) is 18.5 Å². The molecule has 168 valence electrons. The SMILES string of the molecule is O=C1NC(=O)c2ccc(-c3nccs3)cc2/C1=C/Nc1ccc(CN2CCC[C@H]2CO)cc1. The van der Waals surface area contributed by atoms with Crippen LogP contribution >= 0.6 is 11.3 Å². The Bertz CT molecular complexity index is 1200. The van der Waals surface area contributed by atoms with Crippen LogP contribution in [0.2, 0.25) is 0 Å². The third-order valence-electron chi connectivity index (χ3n) is 6.14. The quantitative estimate of drug-likeness (QED) is 0.385. The van der Waals surface area contributed by atoms with Crippen LogP contribution in [0.25, 0.3) is 16.1 Å². The highest BCUT2D eigenvalue weighted by Gasteiger charge is 2.28. The predicted octanol–water partition coefficient (Wildman–Crippen LogP) is 3.49. The average molecular weight is 461 g/mol. The van der Waals surface area contributed by atoms with Crippen molar-refractivity contribution in [2.75, 3.05) is 18.5 Å². The number of aromatic nitrogens is 1. The molecule has 2 aromatic carbocycles. The molecule has 2 amide bonds. The molecule has 0 bridgehead atoms. The van der Waals surface area contributed by atoms with Crippen LogP contribution in [-0.2, 0) is 11.3 Å². The lowest BCUT2D eigenvalue weighted by Gasteiger charge is -2.22. The summed E-state index contributed by atoms with van der Waals surface area (Å²) >= 11 is 1.50. The van der Waals surface area contributed by atoms with Gasteiger partial charge >= 0.3 is 0 Å². The second-order valence-corrected chi connectivity index (χ2v) is 9.12. The fourth-order valence-electron chi connectivity index (χ4n) is 4.37. The number of carbonyl (C=O) groups excluding carboxylic acids is 2. The lowest BCUT2D eigenvalue weighted by atomic mass is 9.93. The van der Waals surface area contributed by atoms with Crippen molar-refractivity contribution in [1.82, 2.24) is 15.2 Å². The second kappa shape index (κ2) is 9.27. The van der Waals surface area contributed by atoms with Crippen molar-refractivity contribution in [1.29, 1.82) is 0 Å². The van der Waals surface area contributed by atoms with E-state index in [4.69, 9.17) is 0 Å². The Morgan fingerprint density at radius 3 is 2.76 bits per heavy atom. The molecule has 3 heterocycles. The number of nitrogens with one attached hydrogen (secondary N) is 2. The second-order valence-electron chi connectivity index (χ2n) is 8.23. The van der Waals surface area contributed by atoms with Gasteiger partial charge in [0, 0.05) is 52.7 Å². The Labute approximate surface area is 195 Å². The highest BCUT2D eigenvalue weighted by atomic mass is 32.1. The standard InChI is InChI=1S/C25H24N4O3S/c30-15-19-2-1-10-29(19)14-16-3-6-18(7-4-16)27-13-22-21-12-17(25-26-9-11-33-25)5-8-20(21)23(31)28-24(22)32/h3-9,11-13,19,27,30H,1-2,10,14-15H2,(H,28,31,32)/b22-13-/t19-/m0/s1. The van der Waals surface area contributed by atoms with E-state index in [-0.39, 0.29) is 12.6 Å².